The van der Waals surface area contributed by atoms with Gasteiger partial charge in [-0.1, -0.05) is 25.5 Å². The van der Waals surface area contributed by atoms with Crippen LogP contribution in [0.4, 0.5) is 4.39 Å². The summed E-state index contributed by atoms with van der Waals surface area (Å²) in [5.74, 6) is -0.334. The number of alkyl halides is 1. The maximum Gasteiger partial charge on any atom is 0.178 e. The van der Waals surface area contributed by atoms with Crippen LogP contribution in [0.5, 0.6) is 0 Å². The lowest BCUT2D eigenvalue weighted by atomic mass is 9.41. The summed E-state index contributed by atoms with van der Waals surface area (Å²) in [7, 11) is 0. The highest BCUT2D eigenvalue weighted by atomic mass is 19.1. The minimum Gasteiger partial charge on any atom is -0.390 e. The zero-order chi connectivity index (χ0) is 17.5. The number of hydrogen-bond acceptors (Lipinski definition) is 3. The molecule has 0 heterocycles. The van der Waals surface area contributed by atoms with E-state index in [-0.39, 0.29) is 23.9 Å². The van der Waals surface area contributed by atoms with Crippen LogP contribution in [0.2, 0.25) is 0 Å². The molecule has 4 rings (SSSR count). The molecule has 0 radical (unpaired) electrons. The molecule has 1 N–H and O–H groups in total. The van der Waals surface area contributed by atoms with Crippen LogP contribution in [0, 0.1) is 22.2 Å². The Morgan fingerprint density at radius 3 is 2.62 bits per heavy atom. The largest absolute Gasteiger partial charge is 0.390 e. The number of carbonyl (C=O) groups excluding carboxylic acids is 2. The summed E-state index contributed by atoms with van der Waals surface area (Å²) in [6, 6.07) is 0. The Morgan fingerprint density at radius 2 is 1.92 bits per heavy atom. The monoisotopic (exact) mass is 332 g/mol. The minimum atomic E-state index is -1.84. The number of halogens is 1. The van der Waals surface area contributed by atoms with E-state index in [9.17, 15) is 14.7 Å². The number of aliphatic hydroxyl groups is 1. The van der Waals surface area contributed by atoms with Crippen LogP contribution in [0.3, 0.4) is 0 Å². The summed E-state index contributed by atoms with van der Waals surface area (Å²) >= 11 is 0. The lowest BCUT2D eigenvalue weighted by Crippen LogP contribution is -2.69. The Balaban J connectivity index is 1.90. The Kier molecular flexibility index (Phi) is 3.01. The van der Waals surface area contributed by atoms with E-state index in [1.54, 1.807) is 19.1 Å². The number of allylic oxidation sites excluding steroid dienone is 4. The summed E-state index contributed by atoms with van der Waals surface area (Å²) in [4.78, 5) is 24.3. The fourth-order valence-electron chi connectivity index (χ4n) is 6.35. The molecule has 4 aliphatic rings. The minimum absolute atomic E-state index is 0.109. The van der Waals surface area contributed by atoms with Crippen molar-refractivity contribution in [1.82, 2.24) is 0 Å². The van der Waals surface area contributed by atoms with E-state index in [0.29, 0.717) is 25.7 Å². The van der Waals surface area contributed by atoms with Crippen molar-refractivity contribution < 1.29 is 19.1 Å². The van der Waals surface area contributed by atoms with Gasteiger partial charge in [-0.3, -0.25) is 9.59 Å². The first-order valence-electron chi connectivity index (χ1n) is 8.94. The second kappa shape index (κ2) is 4.46. The molecule has 0 aliphatic heterocycles. The van der Waals surface area contributed by atoms with E-state index < -0.39 is 28.0 Å². The molecule has 0 aromatic heterocycles. The number of hydrogen-bond donors (Lipinski definition) is 1. The zero-order valence-electron chi connectivity index (χ0n) is 14.6. The number of aliphatic hydroxyl groups excluding tert-OH is 1. The zero-order valence-corrected chi connectivity index (χ0v) is 14.6. The van der Waals surface area contributed by atoms with Crippen LogP contribution in [-0.4, -0.2) is 28.4 Å². The van der Waals surface area contributed by atoms with Gasteiger partial charge in [0.25, 0.3) is 0 Å². The Morgan fingerprint density at radius 1 is 1.21 bits per heavy atom. The van der Waals surface area contributed by atoms with E-state index in [0.717, 1.165) is 5.57 Å². The van der Waals surface area contributed by atoms with Crippen LogP contribution in [-0.2, 0) is 9.59 Å². The second-order valence-corrected chi connectivity index (χ2v) is 8.86. The van der Waals surface area contributed by atoms with Crippen LogP contribution in [0.25, 0.3) is 0 Å². The highest BCUT2D eigenvalue weighted by molar-refractivity contribution is 6.01. The number of ketones is 2. The van der Waals surface area contributed by atoms with Crippen LogP contribution < -0.4 is 0 Å². The van der Waals surface area contributed by atoms with E-state index in [1.165, 1.54) is 6.08 Å². The summed E-state index contributed by atoms with van der Waals surface area (Å²) in [5.41, 5.74) is -3.13. The number of carbonyl (C=O) groups is 2. The molecule has 130 valence electrons. The third-order valence-electron chi connectivity index (χ3n) is 8.17. The quantitative estimate of drug-likeness (QED) is 0.740. The Hall–Kier alpha value is -1.29. The first-order chi connectivity index (χ1) is 11.1. The highest BCUT2D eigenvalue weighted by Gasteiger charge is 2.74. The summed E-state index contributed by atoms with van der Waals surface area (Å²) in [5, 5.41) is 10.9. The maximum absolute atomic E-state index is 16.7. The molecular weight excluding hydrogens is 307 g/mol. The van der Waals surface area contributed by atoms with Gasteiger partial charge in [0, 0.05) is 23.2 Å². The van der Waals surface area contributed by atoms with Crippen molar-refractivity contribution in [1.29, 1.82) is 0 Å². The summed E-state index contributed by atoms with van der Waals surface area (Å²) < 4.78 is 16.7. The number of Topliss-reactive ketones (excluding diaryl/α,β-unsaturated/α-hetero) is 1. The van der Waals surface area contributed by atoms with Gasteiger partial charge in [-0.05, 0) is 50.2 Å². The summed E-state index contributed by atoms with van der Waals surface area (Å²) in [6.45, 7) is 5.76. The maximum atomic E-state index is 16.7. The Labute approximate surface area is 142 Å². The smallest absolute Gasteiger partial charge is 0.178 e. The first kappa shape index (κ1) is 16.2. The molecule has 6 atom stereocenters. The lowest BCUT2D eigenvalue weighted by molar-refractivity contribution is -0.218. The molecule has 3 nitrogen and oxygen atoms in total. The first-order valence-corrected chi connectivity index (χ1v) is 8.94. The second-order valence-electron chi connectivity index (χ2n) is 8.86. The third-order valence-corrected chi connectivity index (χ3v) is 8.17. The van der Waals surface area contributed by atoms with Gasteiger partial charge in [0.1, 0.15) is 5.78 Å². The van der Waals surface area contributed by atoms with E-state index in [4.69, 9.17) is 0 Å². The van der Waals surface area contributed by atoms with Crippen molar-refractivity contribution in [3.05, 3.63) is 23.8 Å². The lowest BCUT2D eigenvalue weighted by Gasteiger charge is -2.64. The molecule has 0 saturated heterocycles. The van der Waals surface area contributed by atoms with E-state index in [2.05, 4.69) is 0 Å². The third kappa shape index (κ3) is 1.52. The fraction of sp³-hybridized carbons (Fsp3) is 0.700. The molecule has 0 aromatic carbocycles. The van der Waals surface area contributed by atoms with Crippen LogP contribution in [0.15, 0.2) is 23.8 Å². The van der Waals surface area contributed by atoms with Gasteiger partial charge < -0.3 is 5.11 Å². The van der Waals surface area contributed by atoms with Crippen molar-refractivity contribution in [2.75, 3.05) is 0 Å². The van der Waals surface area contributed by atoms with Crippen molar-refractivity contribution in [2.45, 2.75) is 64.6 Å². The molecule has 3 fully saturated rings. The van der Waals surface area contributed by atoms with Gasteiger partial charge in [0.2, 0.25) is 0 Å². The molecule has 0 aromatic rings. The van der Waals surface area contributed by atoms with Gasteiger partial charge in [-0.15, -0.1) is 0 Å². The number of rotatable bonds is 0. The normalized spacial score (nSPS) is 53.3. The average molecular weight is 332 g/mol. The predicted molar refractivity (Wildman–Crippen MR) is 88.0 cm³/mol. The molecule has 0 spiro atoms. The number of fused-ring (bicyclic) bond motifs is 5. The fourth-order valence-corrected chi connectivity index (χ4v) is 6.35. The highest BCUT2D eigenvalue weighted by Crippen LogP contribution is 2.71. The van der Waals surface area contributed by atoms with Gasteiger partial charge >= 0.3 is 0 Å². The SMILES string of the molecule is C[C@]12C=CC(=O)C=C1CC[C@@H]1[C@]2(F)[C@@H](O)C[C@]2(C)C(=O)CC[C@@]12C. The van der Waals surface area contributed by atoms with Crippen molar-refractivity contribution in [3.63, 3.8) is 0 Å². The van der Waals surface area contributed by atoms with Gasteiger partial charge in [0.15, 0.2) is 11.5 Å². The van der Waals surface area contributed by atoms with Gasteiger partial charge in [-0.25, -0.2) is 4.39 Å². The molecule has 3 saturated carbocycles. The van der Waals surface area contributed by atoms with Crippen LogP contribution >= 0.6 is 0 Å². The average Bonchev–Trinajstić information content (AvgIpc) is 2.74. The topological polar surface area (TPSA) is 54.4 Å². The van der Waals surface area contributed by atoms with Gasteiger partial charge in [0.05, 0.1) is 6.10 Å². The van der Waals surface area contributed by atoms with Crippen molar-refractivity contribution >= 4 is 11.6 Å². The molecule has 0 bridgehead atoms. The molecule has 0 amide bonds. The standard InChI is InChI=1S/C20H25FO3/c1-17-8-6-13(22)10-12(17)4-5-14-18(2)9-7-15(23)19(18,3)11-16(24)20(14,17)21/h6,8,10,14,16,24H,4-5,7,9,11H2,1-3H3/t14-,16-,17-,18-,19+,20-/m0/s1. The molecule has 4 aliphatic carbocycles. The predicted octanol–water partition coefficient (Wildman–Crippen LogP) is 3.32. The molecule has 24 heavy (non-hydrogen) atoms. The molecular formula is C20H25FO3. The van der Waals surface area contributed by atoms with Crippen molar-refractivity contribution in [2.24, 2.45) is 22.2 Å². The molecule has 4 heteroatoms. The van der Waals surface area contributed by atoms with Crippen molar-refractivity contribution in [3.8, 4) is 0 Å². The van der Waals surface area contributed by atoms with Gasteiger partial charge in [-0.2, -0.15) is 0 Å². The van der Waals surface area contributed by atoms with E-state index >= 15 is 4.39 Å². The van der Waals surface area contributed by atoms with E-state index in [1.807, 2.05) is 13.8 Å². The Bertz CT molecular complexity index is 710. The molecule has 0 unspecified atom stereocenters. The summed E-state index contributed by atoms with van der Waals surface area (Å²) in [6.07, 6.45) is 5.97. The van der Waals surface area contributed by atoms with Crippen LogP contribution in [0.1, 0.15) is 52.9 Å².